The zero-order valence-electron chi connectivity index (χ0n) is 6.05. The van der Waals surface area contributed by atoms with Crippen molar-refractivity contribution in [3.63, 3.8) is 0 Å². The largest absolute Gasteiger partial charge is 0.197 e. The Bertz CT molecular complexity index is 158. The summed E-state index contributed by atoms with van der Waals surface area (Å²) >= 11 is 8.53. The molecule has 1 nitrogen and oxygen atoms in total. The first-order valence-corrected chi connectivity index (χ1v) is 3.34. The summed E-state index contributed by atoms with van der Waals surface area (Å²) in [5.41, 5.74) is 1.32. The molecule has 0 saturated carbocycles. The standard InChI is InChI=1S/C7H8.Cl2O.H2S/c1-7-5-3-2-4-6-7;1-3-2;/h2-6H,1H3;;1H2. The smallest absolute Gasteiger partial charge is 0.0832 e. The molecule has 1 aromatic rings. The number of hydrogen-bond donors (Lipinski definition) is 0. The van der Waals surface area contributed by atoms with Crippen LogP contribution in [0.2, 0.25) is 0 Å². The Balaban J connectivity index is 0. The van der Waals surface area contributed by atoms with Crippen LogP contribution in [0.25, 0.3) is 0 Å². The maximum Gasteiger partial charge on any atom is 0.0832 e. The highest BCUT2D eigenvalue weighted by atomic mass is 35.6. The van der Waals surface area contributed by atoms with Crippen molar-refractivity contribution in [3.05, 3.63) is 35.9 Å². The molecule has 0 spiro atoms. The van der Waals surface area contributed by atoms with Gasteiger partial charge in [-0.05, 0) is 6.92 Å². The lowest BCUT2D eigenvalue weighted by atomic mass is 10.2. The third-order valence-corrected chi connectivity index (χ3v) is 0.940. The third kappa shape index (κ3) is 10.1. The fourth-order valence-corrected chi connectivity index (χ4v) is 0.534. The van der Waals surface area contributed by atoms with Crippen molar-refractivity contribution < 1.29 is 3.84 Å². The molecule has 1 aromatic carbocycles. The number of rotatable bonds is 0. The minimum Gasteiger partial charge on any atom is -0.197 e. The Kier molecular flexibility index (Phi) is 12.6. The van der Waals surface area contributed by atoms with Gasteiger partial charge in [0.25, 0.3) is 0 Å². The molecule has 0 unspecified atom stereocenters. The monoisotopic (exact) mass is 212 g/mol. The van der Waals surface area contributed by atoms with E-state index in [0.717, 1.165) is 0 Å². The third-order valence-electron chi connectivity index (χ3n) is 0.940. The lowest BCUT2D eigenvalue weighted by molar-refractivity contribution is 0.697. The maximum atomic E-state index is 4.26. The summed E-state index contributed by atoms with van der Waals surface area (Å²) < 4.78 is 3.19. The molecular weight excluding hydrogens is 203 g/mol. The van der Waals surface area contributed by atoms with E-state index in [1.54, 1.807) is 0 Å². The van der Waals surface area contributed by atoms with Gasteiger partial charge in [-0.2, -0.15) is 17.3 Å². The van der Waals surface area contributed by atoms with E-state index in [-0.39, 0.29) is 13.5 Å². The number of benzene rings is 1. The summed E-state index contributed by atoms with van der Waals surface area (Å²) in [6.07, 6.45) is 0. The Morgan fingerprint density at radius 3 is 1.64 bits per heavy atom. The summed E-state index contributed by atoms with van der Waals surface area (Å²) in [4.78, 5) is 0. The fourth-order valence-electron chi connectivity index (χ4n) is 0.534. The minimum atomic E-state index is 0. The van der Waals surface area contributed by atoms with E-state index in [0.29, 0.717) is 0 Å². The van der Waals surface area contributed by atoms with Crippen molar-refractivity contribution in [3.8, 4) is 0 Å². The average molecular weight is 213 g/mol. The Morgan fingerprint density at radius 1 is 1.09 bits per heavy atom. The summed E-state index contributed by atoms with van der Waals surface area (Å²) in [6.45, 7) is 2.08. The van der Waals surface area contributed by atoms with Gasteiger partial charge < -0.3 is 0 Å². The summed E-state index contributed by atoms with van der Waals surface area (Å²) in [5, 5.41) is 0. The van der Waals surface area contributed by atoms with E-state index in [1.807, 2.05) is 18.2 Å². The molecule has 1 rings (SSSR count). The Hall–Kier alpha value is 0.110. The maximum absolute atomic E-state index is 4.26. The molecule has 0 fully saturated rings. The van der Waals surface area contributed by atoms with Gasteiger partial charge in [-0.15, -0.1) is 0 Å². The highest BCUT2D eigenvalue weighted by Gasteiger charge is 1.72. The second-order valence-electron chi connectivity index (χ2n) is 1.71. The normalized spacial score (nSPS) is 7.18. The molecule has 0 bridgehead atoms. The molecule has 0 aliphatic carbocycles. The predicted molar refractivity (Wildman–Crippen MR) is 54.4 cm³/mol. The highest BCUT2D eigenvalue weighted by Crippen LogP contribution is 1.92. The van der Waals surface area contributed by atoms with E-state index in [2.05, 4.69) is 46.6 Å². The number of halogens is 2. The zero-order valence-corrected chi connectivity index (χ0v) is 8.56. The van der Waals surface area contributed by atoms with E-state index >= 15 is 0 Å². The first-order chi connectivity index (χ1) is 4.81. The van der Waals surface area contributed by atoms with Crippen LogP contribution in [-0.4, -0.2) is 0 Å². The highest BCUT2D eigenvalue weighted by molar-refractivity contribution is 7.59. The van der Waals surface area contributed by atoms with Gasteiger partial charge >= 0.3 is 0 Å². The van der Waals surface area contributed by atoms with Crippen molar-refractivity contribution in [1.82, 2.24) is 0 Å². The van der Waals surface area contributed by atoms with Crippen LogP contribution in [0.3, 0.4) is 0 Å². The van der Waals surface area contributed by atoms with Gasteiger partial charge in [-0.1, -0.05) is 35.9 Å². The molecule has 64 valence electrons. The van der Waals surface area contributed by atoms with Gasteiger partial charge in [-0.25, -0.2) is 0 Å². The molecule has 0 aliphatic heterocycles. The molecule has 11 heavy (non-hydrogen) atoms. The molecule has 0 aliphatic rings. The van der Waals surface area contributed by atoms with Crippen LogP contribution >= 0.6 is 37.2 Å². The molecule has 0 aromatic heterocycles. The minimum absolute atomic E-state index is 0. The molecule has 0 atom stereocenters. The van der Waals surface area contributed by atoms with Crippen molar-refractivity contribution in [2.45, 2.75) is 6.92 Å². The Morgan fingerprint density at radius 2 is 1.45 bits per heavy atom. The SMILES string of the molecule is Cc1ccccc1.ClOCl.S. The average Bonchev–Trinajstić information content (AvgIpc) is 1.91. The zero-order chi connectivity index (χ0) is 7.82. The Labute approximate surface area is 84.1 Å². The summed E-state index contributed by atoms with van der Waals surface area (Å²) in [7, 11) is 0. The molecule has 0 radical (unpaired) electrons. The fraction of sp³-hybridized carbons (Fsp3) is 0.143. The molecule has 0 amide bonds. The molecular formula is C7H10Cl2OS. The lowest BCUT2D eigenvalue weighted by Gasteiger charge is -1.82. The van der Waals surface area contributed by atoms with Crippen LogP contribution in [0, 0.1) is 6.92 Å². The van der Waals surface area contributed by atoms with Crippen molar-refractivity contribution in [2.24, 2.45) is 0 Å². The lowest BCUT2D eigenvalue weighted by Crippen LogP contribution is -1.62. The van der Waals surface area contributed by atoms with E-state index in [4.69, 9.17) is 0 Å². The summed E-state index contributed by atoms with van der Waals surface area (Å²) in [6, 6.07) is 10.3. The predicted octanol–water partition coefficient (Wildman–Crippen LogP) is 3.42. The van der Waals surface area contributed by atoms with Gasteiger partial charge in [0.15, 0.2) is 0 Å². The van der Waals surface area contributed by atoms with Crippen molar-refractivity contribution >= 4 is 37.2 Å². The van der Waals surface area contributed by atoms with E-state index in [1.165, 1.54) is 5.56 Å². The van der Waals surface area contributed by atoms with Gasteiger partial charge in [0.2, 0.25) is 0 Å². The molecule has 4 heteroatoms. The number of hydrogen-bond acceptors (Lipinski definition) is 1. The van der Waals surface area contributed by atoms with E-state index < -0.39 is 0 Å². The first kappa shape index (κ1) is 13.7. The van der Waals surface area contributed by atoms with Gasteiger partial charge in [-0.3, -0.25) is 0 Å². The van der Waals surface area contributed by atoms with Gasteiger partial charge in [0, 0.05) is 0 Å². The van der Waals surface area contributed by atoms with E-state index in [9.17, 15) is 0 Å². The number of aryl methyl sites for hydroxylation is 1. The van der Waals surface area contributed by atoms with Crippen molar-refractivity contribution in [2.75, 3.05) is 0 Å². The van der Waals surface area contributed by atoms with Crippen LogP contribution in [0.15, 0.2) is 30.3 Å². The van der Waals surface area contributed by atoms with Crippen LogP contribution in [0.1, 0.15) is 5.56 Å². The second kappa shape index (κ2) is 10.1. The second-order valence-corrected chi connectivity index (χ2v) is 2.18. The topological polar surface area (TPSA) is 9.23 Å². The van der Waals surface area contributed by atoms with Crippen LogP contribution in [-0.2, 0) is 3.84 Å². The molecule has 0 saturated heterocycles. The first-order valence-electron chi connectivity index (χ1n) is 2.72. The van der Waals surface area contributed by atoms with Gasteiger partial charge in [0.1, 0.15) is 0 Å². The van der Waals surface area contributed by atoms with Crippen LogP contribution in [0.4, 0.5) is 0 Å². The van der Waals surface area contributed by atoms with Crippen molar-refractivity contribution in [1.29, 1.82) is 0 Å². The molecule has 0 N–H and O–H groups in total. The van der Waals surface area contributed by atoms with Gasteiger partial charge in [0.05, 0.1) is 23.7 Å². The summed E-state index contributed by atoms with van der Waals surface area (Å²) in [5.74, 6) is 0. The van der Waals surface area contributed by atoms with Crippen LogP contribution < -0.4 is 0 Å². The molecule has 0 heterocycles. The van der Waals surface area contributed by atoms with Crippen LogP contribution in [0.5, 0.6) is 0 Å². The quantitative estimate of drug-likeness (QED) is 0.641.